The molecule has 3 N–H and O–H groups in total. The van der Waals surface area contributed by atoms with Crippen molar-refractivity contribution in [1.82, 2.24) is 5.32 Å². The lowest BCUT2D eigenvalue weighted by molar-refractivity contribution is 0.243. The minimum absolute atomic E-state index is 0.0243. The number of hydrogen-bond donors (Lipinski definition) is 3. The molecule has 0 aromatic heterocycles. The van der Waals surface area contributed by atoms with Gasteiger partial charge in [-0.3, -0.25) is 0 Å². The Labute approximate surface area is 119 Å². The number of benzene rings is 2. The van der Waals surface area contributed by atoms with Gasteiger partial charge in [0.2, 0.25) is 0 Å². The van der Waals surface area contributed by atoms with Crippen LogP contribution in [-0.2, 0) is 6.54 Å². The van der Waals surface area contributed by atoms with Crippen molar-refractivity contribution in [2.24, 2.45) is 0 Å². The number of aromatic hydroxyl groups is 1. The molecule has 0 amide bonds. The average Bonchev–Trinajstić information content (AvgIpc) is 2.46. The maximum Gasteiger partial charge on any atom is 0.121 e. The Morgan fingerprint density at radius 1 is 1.05 bits per heavy atom. The molecule has 0 bridgehead atoms. The van der Waals surface area contributed by atoms with Crippen LogP contribution in [0.1, 0.15) is 28.3 Å². The van der Waals surface area contributed by atoms with Gasteiger partial charge in [0.1, 0.15) is 5.75 Å². The lowest BCUT2D eigenvalue weighted by atomic mass is 10.0. The fourth-order valence-electron chi connectivity index (χ4n) is 2.32. The fourth-order valence-corrected chi connectivity index (χ4v) is 2.32. The summed E-state index contributed by atoms with van der Waals surface area (Å²) in [5.41, 5.74) is 3.84. The SMILES string of the molecule is Cc1cc(C(CO)NCc2ccccc2)cc(C)c1O. The molecule has 0 fully saturated rings. The van der Waals surface area contributed by atoms with Crippen LogP contribution in [0.25, 0.3) is 0 Å². The van der Waals surface area contributed by atoms with Gasteiger partial charge in [-0.15, -0.1) is 0 Å². The predicted octanol–water partition coefficient (Wildman–Crippen LogP) is 2.83. The van der Waals surface area contributed by atoms with E-state index in [0.29, 0.717) is 12.3 Å². The van der Waals surface area contributed by atoms with Gasteiger partial charge in [0.15, 0.2) is 0 Å². The number of aliphatic hydroxyl groups is 1. The van der Waals surface area contributed by atoms with Crippen molar-refractivity contribution < 1.29 is 10.2 Å². The number of phenolic OH excluding ortho intramolecular Hbond substituents is 1. The van der Waals surface area contributed by atoms with Crippen molar-refractivity contribution in [2.75, 3.05) is 6.61 Å². The van der Waals surface area contributed by atoms with Crippen LogP contribution in [0, 0.1) is 13.8 Å². The molecule has 2 rings (SSSR count). The van der Waals surface area contributed by atoms with E-state index in [1.165, 1.54) is 5.56 Å². The van der Waals surface area contributed by atoms with Crippen LogP contribution in [0.4, 0.5) is 0 Å². The molecule has 0 saturated carbocycles. The maximum atomic E-state index is 9.81. The van der Waals surface area contributed by atoms with Gasteiger partial charge in [-0.05, 0) is 36.1 Å². The lowest BCUT2D eigenvalue weighted by Crippen LogP contribution is -2.24. The third-order valence-corrected chi connectivity index (χ3v) is 3.49. The molecular formula is C17H21NO2. The topological polar surface area (TPSA) is 52.5 Å². The molecule has 2 aromatic carbocycles. The minimum Gasteiger partial charge on any atom is -0.507 e. The quantitative estimate of drug-likeness (QED) is 0.784. The standard InChI is InChI=1S/C17H21NO2/c1-12-8-15(9-13(2)17(12)20)16(11-19)18-10-14-6-4-3-5-7-14/h3-9,16,18-20H,10-11H2,1-2H3. The molecule has 0 saturated heterocycles. The van der Waals surface area contributed by atoms with Crippen LogP contribution in [0.3, 0.4) is 0 Å². The lowest BCUT2D eigenvalue weighted by Gasteiger charge is -2.19. The molecule has 106 valence electrons. The van der Waals surface area contributed by atoms with Gasteiger partial charge >= 0.3 is 0 Å². The van der Waals surface area contributed by atoms with Crippen LogP contribution < -0.4 is 5.32 Å². The van der Waals surface area contributed by atoms with Gasteiger partial charge in [0.25, 0.3) is 0 Å². The molecule has 0 aliphatic carbocycles. The van der Waals surface area contributed by atoms with E-state index in [4.69, 9.17) is 0 Å². The molecule has 0 heterocycles. The van der Waals surface area contributed by atoms with E-state index in [9.17, 15) is 10.2 Å². The molecular weight excluding hydrogens is 250 g/mol. The van der Waals surface area contributed by atoms with E-state index in [0.717, 1.165) is 16.7 Å². The van der Waals surface area contributed by atoms with Crippen LogP contribution in [0.2, 0.25) is 0 Å². The summed E-state index contributed by atoms with van der Waals surface area (Å²) in [6.07, 6.45) is 0. The van der Waals surface area contributed by atoms with E-state index in [2.05, 4.69) is 17.4 Å². The van der Waals surface area contributed by atoms with Crippen LogP contribution in [-0.4, -0.2) is 16.8 Å². The van der Waals surface area contributed by atoms with E-state index < -0.39 is 0 Å². The van der Waals surface area contributed by atoms with Gasteiger partial charge in [-0.25, -0.2) is 0 Å². The van der Waals surface area contributed by atoms with Crippen molar-refractivity contribution in [3.63, 3.8) is 0 Å². The number of rotatable bonds is 5. The second-order valence-electron chi connectivity index (χ2n) is 5.10. The molecule has 2 aromatic rings. The van der Waals surface area contributed by atoms with Crippen molar-refractivity contribution in [3.05, 3.63) is 64.7 Å². The summed E-state index contributed by atoms with van der Waals surface area (Å²) in [5, 5.41) is 22.7. The monoisotopic (exact) mass is 271 g/mol. The molecule has 0 aliphatic heterocycles. The summed E-state index contributed by atoms with van der Waals surface area (Å²) >= 11 is 0. The Balaban J connectivity index is 2.12. The Bertz CT molecular complexity index is 543. The van der Waals surface area contributed by atoms with E-state index >= 15 is 0 Å². The molecule has 1 unspecified atom stereocenters. The van der Waals surface area contributed by atoms with Crippen LogP contribution >= 0.6 is 0 Å². The van der Waals surface area contributed by atoms with Crippen LogP contribution in [0.5, 0.6) is 5.75 Å². The van der Waals surface area contributed by atoms with Crippen molar-refractivity contribution in [2.45, 2.75) is 26.4 Å². The number of aliphatic hydroxyl groups excluding tert-OH is 1. The normalized spacial score (nSPS) is 12.3. The second kappa shape index (κ2) is 6.55. The maximum absolute atomic E-state index is 9.81. The zero-order valence-electron chi connectivity index (χ0n) is 11.9. The highest BCUT2D eigenvalue weighted by molar-refractivity contribution is 5.43. The Morgan fingerprint density at radius 3 is 2.20 bits per heavy atom. The number of nitrogens with one attached hydrogen (secondary N) is 1. The van der Waals surface area contributed by atoms with Crippen molar-refractivity contribution in [3.8, 4) is 5.75 Å². The zero-order valence-corrected chi connectivity index (χ0v) is 11.9. The number of phenols is 1. The molecule has 1 atom stereocenters. The van der Waals surface area contributed by atoms with Crippen molar-refractivity contribution in [1.29, 1.82) is 0 Å². The summed E-state index contributed by atoms with van der Waals surface area (Å²) in [6.45, 7) is 4.47. The van der Waals surface area contributed by atoms with Gasteiger partial charge in [0, 0.05) is 6.54 Å². The molecule has 3 heteroatoms. The van der Waals surface area contributed by atoms with Crippen molar-refractivity contribution >= 4 is 0 Å². The zero-order chi connectivity index (χ0) is 14.5. The first kappa shape index (κ1) is 14.6. The van der Waals surface area contributed by atoms with Gasteiger partial charge in [0.05, 0.1) is 12.6 Å². The first-order chi connectivity index (χ1) is 9.61. The smallest absolute Gasteiger partial charge is 0.121 e. The molecule has 3 nitrogen and oxygen atoms in total. The Hall–Kier alpha value is -1.84. The highest BCUT2D eigenvalue weighted by Gasteiger charge is 2.12. The van der Waals surface area contributed by atoms with Gasteiger partial charge in [-0.1, -0.05) is 42.5 Å². The Morgan fingerprint density at radius 2 is 1.65 bits per heavy atom. The van der Waals surface area contributed by atoms with Gasteiger partial charge in [-0.2, -0.15) is 0 Å². The minimum atomic E-state index is -0.131. The number of hydrogen-bond acceptors (Lipinski definition) is 3. The summed E-state index contributed by atoms with van der Waals surface area (Å²) in [7, 11) is 0. The fraction of sp³-hybridized carbons (Fsp3) is 0.294. The highest BCUT2D eigenvalue weighted by Crippen LogP contribution is 2.26. The third-order valence-electron chi connectivity index (χ3n) is 3.49. The predicted molar refractivity (Wildman–Crippen MR) is 80.7 cm³/mol. The average molecular weight is 271 g/mol. The molecule has 0 radical (unpaired) electrons. The van der Waals surface area contributed by atoms with E-state index in [-0.39, 0.29) is 12.6 Å². The van der Waals surface area contributed by atoms with E-state index in [1.54, 1.807) is 0 Å². The molecule has 20 heavy (non-hydrogen) atoms. The first-order valence-corrected chi connectivity index (χ1v) is 6.80. The largest absolute Gasteiger partial charge is 0.507 e. The summed E-state index contributed by atoms with van der Waals surface area (Å²) in [5.74, 6) is 0.327. The third kappa shape index (κ3) is 3.38. The van der Waals surface area contributed by atoms with Gasteiger partial charge < -0.3 is 15.5 Å². The summed E-state index contributed by atoms with van der Waals surface area (Å²) < 4.78 is 0. The molecule has 0 aliphatic rings. The second-order valence-corrected chi connectivity index (χ2v) is 5.10. The summed E-state index contributed by atoms with van der Waals surface area (Å²) in [6, 6.07) is 13.8. The molecule has 0 spiro atoms. The van der Waals surface area contributed by atoms with Crippen LogP contribution in [0.15, 0.2) is 42.5 Å². The number of aryl methyl sites for hydroxylation is 2. The van der Waals surface area contributed by atoms with E-state index in [1.807, 2.05) is 44.2 Å². The first-order valence-electron chi connectivity index (χ1n) is 6.80. The summed E-state index contributed by atoms with van der Waals surface area (Å²) in [4.78, 5) is 0. The highest BCUT2D eigenvalue weighted by atomic mass is 16.3. The Kier molecular flexibility index (Phi) is 4.77.